The maximum absolute atomic E-state index is 4.70. The largest absolute Gasteiger partial charge is 0.313 e. The predicted molar refractivity (Wildman–Crippen MR) is 91.5 cm³/mol. The van der Waals surface area contributed by atoms with Crippen LogP contribution in [-0.4, -0.2) is 16.5 Å². The minimum atomic E-state index is 0.809. The Morgan fingerprint density at radius 1 is 1.00 bits per heavy atom. The van der Waals surface area contributed by atoms with Crippen LogP contribution in [0.4, 0.5) is 0 Å². The summed E-state index contributed by atoms with van der Waals surface area (Å²) in [6.45, 7) is 12.2. The molecular weight excluding hydrogens is 326 g/mol. The fourth-order valence-corrected chi connectivity index (χ4v) is 2.68. The predicted octanol–water partition coefficient (Wildman–Crippen LogP) is 4.25. The fraction of sp³-hybridized carbons (Fsp3) is 0.412. The molecule has 0 saturated heterocycles. The van der Waals surface area contributed by atoms with Crippen molar-refractivity contribution in [1.29, 1.82) is 0 Å². The average molecular weight is 348 g/mol. The molecule has 21 heavy (non-hydrogen) atoms. The highest BCUT2D eigenvalue weighted by molar-refractivity contribution is 9.10. The van der Waals surface area contributed by atoms with Crippen LogP contribution < -0.4 is 5.32 Å². The second kappa shape index (κ2) is 6.67. The van der Waals surface area contributed by atoms with E-state index in [1.807, 2.05) is 0 Å². The maximum atomic E-state index is 4.70. The van der Waals surface area contributed by atoms with Gasteiger partial charge < -0.3 is 5.32 Å². The smallest absolute Gasteiger partial charge is 0.159 e. The molecule has 0 spiro atoms. The molecule has 1 aromatic carbocycles. The van der Waals surface area contributed by atoms with Gasteiger partial charge in [0, 0.05) is 33.5 Å². The molecule has 0 unspecified atom stereocenters. The van der Waals surface area contributed by atoms with E-state index in [1.54, 1.807) is 0 Å². The van der Waals surface area contributed by atoms with Crippen LogP contribution in [0.3, 0.4) is 0 Å². The van der Waals surface area contributed by atoms with Gasteiger partial charge in [-0.25, -0.2) is 9.97 Å². The van der Waals surface area contributed by atoms with Crippen molar-refractivity contribution in [2.24, 2.45) is 0 Å². The molecule has 0 radical (unpaired) electrons. The number of aromatic nitrogens is 2. The lowest BCUT2D eigenvalue weighted by molar-refractivity contribution is 0.711. The van der Waals surface area contributed by atoms with E-state index < -0.39 is 0 Å². The molecule has 0 bridgehead atoms. The summed E-state index contributed by atoms with van der Waals surface area (Å²) in [5.74, 6) is 0.809. The Labute approximate surface area is 135 Å². The van der Waals surface area contributed by atoms with E-state index in [4.69, 9.17) is 9.97 Å². The Kier molecular flexibility index (Phi) is 5.12. The first kappa shape index (κ1) is 16.1. The third-order valence-corrected chi connectivity index (χ3v) is 4.92. The molecule has 0 fully saturated rings. The van der Waals surface area contributed by atoms with Crippen molar-refractivity contribution in [3.05, 3.63) is 44.7 Å². The Balaban J connectivity index is 2.46. The number of halogens is 1. The van der Waals surface area contributed by atoms with Crippen LogP contribution in [0.1, 0.15) is 35.0 Å². The molecule has 1 heterocycles. The zero-order valence-electron chi connectivity index (χ0n) is 13.3. The number of nitrogens with zero attached hydrogens (tertiary/aromatic N) is 2. The van der Waals surface area contributed by atoms with Gasteiger partial charge in [-0.15, -0.1) is 0 Å². The van der Waals surface area contributed by atoms with Crippen LogP contribution in [0.15, 0.2) is 16.6 Å². The third-order valence-electron chi connectivity index (χ3n) is 3.67. The van der Waals surface area contributed by atoms with Crippen molar-refractivity contribution in [2.45, 2.75) is 41.2 Å². The number of rotatable bonds is 4. The minimum Gasteiger partial charge on any atom is -0.313 e. The molecule has 3 nitrogen and oxygen atoms in total. The van der Waals surface area contributed by atoms with E-state index in [-0.39, 0.29) is 0 Å². The van der Waals surface area contributed by atoms with Gasteiger partial charge in [-0.1, -0.05) is 22.9 Å². The molecular formula is C17H22BrN3. The molecule has 0 aliphatic rings. The van der Waals surface area contributed by atoms with E-state index in [0.29, 0.717) is 0 Å². The molecule has 0 aliphatic carbocycles. The molecule has 112 valence electrons. The zero-order chi connectivity index (χ0) is 15.6. The Morgan fingerprint density at radius 2 is 1.52 bits per heavy atom. The van der Waals surface area contributed by atoms with E-state index in [0.717, 1.165) is 40.3 Å². The van der Waals surface area contributed by atoms with Crippen molar-refractivity contribution in [3.8, 4) is 11.4 Å². The van der Waals surface area contributed by atoms with Gasteiger partial charge in [-0.2, -0.15) is 0 Å². The van der Waals surface area contributed by atoms with Crippen LogP contribution in [0.2, 0.25) is 0 Å². The molecule has 1 aromatic heterocycles. The van der Waals surface area contributed by atoms with Crippen molar-refractivity contribution in [2.75, 3.05) is 6.54 Å². The van der Waals surface area contributed by atoms with Crippen LogP contribution in [0, 0.1) is 27.7 Å². The van der Waals surface area contributed by atoms with Gasteiger partial charge in [-0.05, 0) is 57.5 Å². The lowest BCUT2D eigenvalue weighted by Gasteiger charge is -2.12. The second-order valence-electron chi connectivity index (χ2n) is 5.40. The first-order chi connectivity index (χ1) is 9.93. The van der Waals surface area contributed by atoms with Crippen molar-refractivity contribution in [3.63, 3.8) is 0 Å². The molecule has 0 aliphatic heterocycles. The van der Waals surface area contributed by atoms with E-state index >= 15 is 0 Å². The van der Waals surface area contributed by atoms with Crippen LogP contribution >= 0.6 is 15.9 Å². The molecule has 0 atom stereocenters. The summed E-state index contributed by atoms with van der Waals surface area (Å²) in [5, 5.41) is 3.34. The van der Waals surface area contributed by atoms with Crippen LogP contribution in [0.25, 0.3) is 11.4 Å². The summed E-state index contributed by atoms with van der Waals surface area (Å²) < 4.78 is 1.16. The summed E-state index contributed by atoms with van der Waals surface area (Å²) in [4.78, 5) is 9.41. The lowest BCUT2D eigenvalue weighted by atomic mass is 10.1. The Bertz CT molecular complexity index is 619. The third kappa shape index (κ3) is 3.50. The quantitative estimate of drug-likeness (QED) is 0.898. The SMILES string of the molecule is CCNCc1c(C)nc(-c2cc(C)c(Br)c(C)c2)nc1C. The van der Waals surface area contributed by atoms with E-state index in [2.05, 4.69) is 68.0 Å². The van der Waals surface area contributed by atoms with Gasteiger partial charge in [0.25, 0.3) is 0 Å². The fourth-order valence-electron chi connectivity index (χ4n) is 2.45. The summed E-state index contributed by atoms with van der Waals surface area (Å²) >= 11 is 3.61. The minimum absolute atomic E-state index is 0.809. The topological polar surface area (TPSA) is 37.8 Å². The summed E-state index contributed by atoms with van der Waals surface area (Å²) in [7, 11) is 0. The molecule has 1 N–H and O–H groups in total. The monoisotopic (exact) mass is 347 g/mol. The van der Waals surface area contributed by atoms with Gasteiger partial charge in [0.15, 0.2) is 5.82 Å². The number of benzene rings is 1. The zero-order valence-corrected chi connectivity index (χ0v) is 14.9. The number of aryl methyl sites for hydroxylation is 4. The second-order valence-corrected chi connectivity index (χ2v) is 6.19. The molecule has 2 rings (SSSR count). The summed E-state index contributed by atoms with van der Waals surface area (Å²) in [6.07, 6.45) is 0. The van der Waals surface area contributed by atoms with Crippen molar-refractivity contribution < 1.29 is 0 Å². The summed E-state index contributed by atoms with van der Waals surface area (Å²) in [6, 6.07) is 4.27. The van der Waals surface area contributed by atoms with Crippen molar-refractivity contribution >= 4 is 15.9 Å². The van der Waals surface area contributed by atoms with Crippen molar-refractivity contribution in [1.82, 2.24) is 15.3 Å². The van der Waals surface area contributed by atoms with E-state index in [9.17, 15) is 0 Å². The number of hydrogen-bond donors (Lipinski definition) is 1. The van der Waals surface area contributed by atoms with Gasteiger partial charge in [0.2, 0.25) is 0 Å². The van der Waals surface area contributed by atoms with Gasteiger partial charge in [0.05, 0.1) is 0 Å². The van der Waals surface area contributed by atoms with Gasteiger partial charge in [-0.3, -0.25) is 0 Å². The number of nitrogens with one attached hydrogen (secondary N) is 1. The highest BCUT2D eigenvalue weighted by Crippen LogP contribution is 2.27. The van der Waals surface area contributed by atoms with Gasteiger partial charge >= 0.3 is 0 Å². The van der Waals surface area contributed by atoms with Gasteiger partial charge in [0.1, 0.15) is 0 Å². The van der Waals surface area contributed by atoms with Crippen LogP contribution in [0.5, 0.6) is 0 Å². The highest BCUT2D eigenvalue weighted by Gasteiger charge is 2.11. The molecule has 4 heteroatoms. The Morgan fingerprint density at radius 3 is 2.00 bits per heavy atom. The highest BCUT2D eigenvalue weighted by atomic mass is 79.9. The molecule has 0 amide bonds. The number of hydrogen-bond acceptors (Lipinski definition) is 3. The normalized spacial score (nSPS) is 11.0. The lowest BCUT2D eigenvalue weighted by Crippen LogP contribution is -2.15. The first-order valence-electron chi connectivity index (χ1n) is 7.26. The average Bonchev–Trinajstić information content (AvgIpc) is 2.43. The molecule has 0 saturated carbocycles. The first-order valence-corrected chi connectivity index (χ1v) is 8.05. The summed E-state index contributed by atoms with van der Waals surface area (Å²) in [5.41, 5.74) is 6.80. The van der Waals surface area contributed by atoms with Crippen LogP contribution in [-0.2, 0) is 6.54 Å². The maximum Gasteiger partial charge on any atom is 0.159 e. The standard InChI is InChI=1S/C17H22BrN3/c1-6-19-9-15-12(4)20-17(21-13(15)5)14-7-10(2)16(18)11(3)8-14/h7-8,19H,6,9H2,1-5H3. The molecule has 2 aromatic rings. The van der Waals surface area contributed by atoms with E-state index in [1.165, 1.54) is 16.7 Å². The Hall–Kier alpha value is -1.26.